The van der Waals surface area contributed by atoms with Crippen molar-refractivity contribution >= 4 is 16.8 Å². The molecule has 0 saturated carbocycles. The molecule has 0 aliphatic carbocycles. The first-order valence-electron chi connectivity index (χ1n) is 5.50. The van der Waals surface area contributed by atoms with Crippen LogP contribution in [-0.4, -0.2) is 33.7 Å². The Hall–Kier alpha value is -1.20. The molecule has 2 rings (SSSR count). The zero-order valence-corrected chi connectivity index (χ0v) is 10.1. The van der Waals surface area contributed by atoms with Crippen molar-refractivity contribution < 1.29 is 18.8 Å². The summed E-state index contributed by atoms with van der Waals surface area (Å²) in [6, 6.07) is 6.17. The van der Waals surface area contributed by atoms with Gasteiger partial charge in [-0.1, -0.05) is 0 Å². The van der Waals surface area contributed by atoms with Gasteiger partial charge in [0.25, 0.3) is 0 Å². The van der Waals surface area contributed by atoms with E-state index in [1.54, 1.807) is 12.1 Å². The Morgan fingerprint density at radius 2 is 2.12 bits per heavy atom. The summed E-state index contributed by atoms with van der Waals surface area (Å²) in [5, 5.41) is 8.75. The normalized spacial score (nSPS) is 21.3. The summed E-state index contributed by atoms with van der Waals surface area (Å²) >= 11 is 0. The third-order valence-corrected chi connectivity index (χ3v) is 4.20. The number of aromatic carboxylic acids is 1. The van der Waals surface area contributed by atoms with Crippen LogP contribution >= 0.6 is 0 Å². The Morgan fingerprint density at radius 1 is 1.41 bits per heavy atom. The van der Waals surface area contributed by atoms with E-state index in [0.717, 1.165) is 19.4 Å². The van der Waals surface area contributed by atoms with Crippen LogP contribution in [0.4, 0.5) is 0 Å². The van der Waals surface area contributed by atoms with Crippen LogP contribution in [0.25, 0.3) is 0 Å². The number of benzene rings is 1. The van der Waals surface area contributed by atoms with Gasteiger partial charge in [-0.15, -0.1) is 0 Å². The van der Waals surface area contributed by atoms with E-state index in [4.69, 9.17) is 9.84 Å². The Labute approximate surface area is 102 Å². The molecule has 4 nitrogen and oxygen atoms in total. The molecule has 1 aliphatic heterocycles. The van der Waals surface area contributed by atoms with Crippen LogP contribution in [0.2, 0.25) is 0 Å². The molecule has 0 spiro atoms. The lowest BCUT2D eigenvalue weighted by Gasteiger charge is -2.08. The maximum absolute atomic E-state index is 12.0. The fourth-order valence-corrected chi connectivity index (χ4v) is 3.02. The number of hydrogen-bond acceptors (Lipinski definition) is 3. The van der Waals surface area contributed by atoms with Crippen molar-refractivity contribution in [2.75, 3.05) is 12.4 Å². The minimum Gasteiger partial charge on any atom is -0.478 e. The van der Waals surface area contributed by atoms with E-state index in [1.807, 2.05) is 0 Å². The van der Waals surface area contributed by atoms with E-state index in [9.17, 15) is 9.00 Å². The fourth-order valence-electron chi connectivity index (χ4n) is 1.79. The van der Waals surface area contributed by atoms with Crippen LogP contribution in [0.15, 0.2) is 29.2 Å². The van der Waals surface area contributed by atoms with E-state index >= 15 is 0 Å². The molecule has 0 bridgehead atoms. The average Bonchev–Trinajstić information content (AvgIpc) is 2.82. The highest BCUT2D eigenvalue weighted by atomic mass is 32.2. The molecular formula is C12H14O4S. The second-order valence-electron chi connectivity index (χ2n) is 3.98. The zero-order chi connectivity index (χ0) is 12.3. The van der Waals surface area contributed by atoms with Crippen molar-refractivity contribution in [3.8, 4) is 0 Å². The first kappa shape index (κ1) is 12.3. The van der Waals surface area contributed by atoms with Crippen molar-refractivity contribution in [2.45, 2.75) is 23.8 Å². The van der Waals surface area contributed by atoms with Crippen LogP contribution in [0, 0.1) is 0 Å². The Kier molecular flexibility index (Phi) is 3.91. The van der Waals surface area contributed by atoms with Gasteiger partial charge in [-0.05, 0) is 37.1 Å². The maximum atomic E-state index is 12.0. The highest BCUT2D eigenvalue weighted by Crippen LogP contribution is 2.16. The SMILES string of the molecule is O=C(O)c1ccc(S(=O)CC2CCCO2)cc1. The van der Waals surface area contributed by atoms with Gasteiger partial charge in [-0.2, -0.15) is 0 Å². The Bertz CT molecular complexity index is 421. The monoisotopic (exact) mass is 254 g/mol. The van der Waals surface area contributed by atoms with E-state index < -0.39 is 16.8 Å². The van der Waals surface area contributed by atoms with Gasteiger partial charge in [0.2, 0.25) is 0 Å². The van der Waals surface area contributed by atoms with Crippen molar-refractivity contribution in [1.29, 1.82) is 0 Å². The molecule has 0 radical (unpaired) electrons. The second-order valence-corrected chi connectivity index (χ2v) is 5.47. The van der Waals surface area contributed by atoms with E-state index in [0.29, 0.717) is 10.6 Å². The van der Waals surface area contributed by atoms with Gasteiger partial charge in [0.15, 0.2) is 0 Å². The molecule has 0 amide bonds. The average molecular weight is 254 g/mol. The second kappa shape index (κ2) is 5.42. The number of carbonyl (C=O) groups is 1. The van der Waals surface area contributed by atoms with Crippen LogP contribution in [-0.2, 0) is 15.5 Å². The van der Waals surface area contributed by atoms with Crippen molar-refractivity contribution in [1.82, 2.24) is 0 Å². The molecule has 0 aromatic heterocycles. The summed E-state index contributed by atoms with van der Waals surface area (Å²) in [6.45, 7) is 0.750. The third-order valence-electron chi connectivity index (χ3n) is 2.73. The molecule has 1 fully saturated rings. The molecule has 2 unspecified atom stereocenters. The predicted molar refractivity (Wildman–Crippen MR) is 63.7 cm³/mol. The Balaban J connectivity index is 2.01. The summed E-state index contributed by atoms with van der Waals surface area (Å²) < 4.78 is 17.4. The van der Waals surface area contributed by atoms with Crippen molar-refractivity contribution in [3.05, 3.63) is 29.8 Å². The summed E-state index contributed by atoms with van der Waals surface area (Å²) in [5.41, 5.74) is 0.211. The number of hydrogen-bond donors (Lipinski definition) is 1. The van der Waals surface area contributed by atoms with Crippen LogP contribution in [0.1, 0.15) is 23.2 Å². The summed E-state index contributed by atoms with van der Waals surface area (Å²) in [6.07, 6.45) is 2.06. The first-order valence-corrected chi connectivity index (χ1v) is 6.82. The summed E-state index contributed by atoms with van der Waals surface area (Å²) in [5.74, 6) is -0.478. The molecule has 1 aromatic carbocycles. The molecule has 1 saturated heterocycles. The standard InChI is InChI=1S/C12H14O4S/c13-12(14)9-3-5-11(6-4-9)17(15)8-10-2-1-7-16-10/h3-6,10H,1-2,7-8H2,(H,13,14). The highest BCUT2D eigenvalue weighted by molar-refractivity contribution is 7.85. The summed E-state index contributed by atoms with van der Waals surface area (Å²) in [4.78, 5) is 11.3. The quantitative estimate of drug-likeness (QED) is 0.887. The topological polar surface area (TPSA) is 63.6 Å². The van der Waals surface area contributed by atoms with Gasteiger partial charge >= 0.3 is 5.97 Å². The van der Waals surface area contributed by atoms with E-state index in [-0.39, 0.29) is 11.7 Å². The highest BCUT2D eigenvalue weighted by Gasteiger charge is 2.19. The van der Waals surface area contributed by atoms with Gasteiger partial charge < -0.3 is 9.84 Å². The molecule has 2 atom stereocenters. The van der Waals surface area contributed by atoms with Gasteiger partial charge in [-0.25, -0.2) is 4.79 Å². The van der Waals surface area contributed by atoms with E-state index in [2.05, 4.69) is 0 Å². The molecule has 1 N–H and O–H groups in total. The molecule has 17 heavy (non-hydrogen) atoms. The largest absolute Gasteiger partial charge is 0.478 e. The molecule has 1 aliphatic rings. The summed E-state index contributed by atoms with van der Waals surface area (Å²) in [7, 11) is -1.11. The molecular weight excluding hydrogens is 240 g/mol. The molecule has 1 aromatic rings. The maximum Gasteiger partial charge on any atom is 0.335 e. The predicted octanol–water partition coefficient (Wildman–Crippen LogP) is 1.67. The van der Waals surface area contributed by atoms with Crippen molar-refractivity contribution in [2.24, 2.45) is 0 Å². The van der Waals surface area contributed by atoms with E-state index in [1.165, 1.54) is 12.1 Å². The number of ether oxygens (including phenoxy) is 1. The lowest BCUT2D eigenvalue weighted by molar-refractivity contribution is 0.0696. The van der Waals surface area contributed by atoms with Crippen molar-refractivity contribution in [3.63, 3.8) is 0 Å². The fraction of sp³-hybridized carbons (Fsp3) is 0.417. The van der Waals surface area contributed by atoms with Crippen LogP contribution < -0.4 is 0 Å². The third kappa shape index (κ3) is 3.14. The van der Waals surface area contributed by atoms with Gasteiger partial charge in [0, 0.05) is 11.5 Å². The minimum atomic E-state index is -1.11. The smallest absolute Gasteiger partial charge is 0.335 e. The van der Waals surface area contributed by atoms with Gasteiger partial charge in [0.05, 0.1) is 28.2 Å². The number of rotatable bonds is 4. The lowest BCUT2D eigenvalue weighted by atomic mass is 10.2. The first-order chi connectivity index (χ1) is 8.16. The Morgan fingerprint density at radius 3 is 2.65 bits per heavy atom. The van der Waals surface area contributed by atoms with Gasteiger partial charge in [0.1, 0.15) is 0 Å². The number of carboxylic acids is 1. The van der Waals surface area contributed by atoms with Crippen LogP contribution in [0.3, 0.4) is 0 Å². The van der Waals surface area contributed by atoms with Crippen LogP contribution in [0.5, 0.6) is 0 Å². The van der Waals surface area contributed by atoms with Gasteiger partial charge in [-0.3, -0.25) is 4.21 Å². The zero-order valence-electron chi connectivity index (χ0n) is 9.30. The lowest BCUT2D eigenvalue weighted by Crippen LogP contribution is -2.15. The molecule has 1 heterocycles. The molecule has 92 valence electrons. The number of carboxylic acid groups (broad SMARTS) is 1. The minimum absolute atomic E-state index is 0.0787. The molecule has 5 heteroatoms.